The van der Waals surface area contributed by atoms with E-state index in [1.54, 1.807) is 0 Å². The highest BCUT2D eigenvalue weighted by Gasteiger charge is 2.27. The van der Waals surface area contributed by atoms with E-state index in [2.05, 4.69) is 25.7 Å². The number of rotatable bonds is 3. The maximum Gasteiger partial charge on any atom is 0.224 e. The fourth-order valence-electron chi connectivity index (χ4n) is 2.12. The second kappa shape index (κ2) is 5.83. The Morgan fingerprint density at radius 1 is 1.24 bits per heavy atom. The molecule has 2 N–H and O–H groups in total. The van der Waals surface area contributed by atoms with Crippen molar-refractivity contribution in [2.45, 2.75) is 52.1 Å². The standard InChI is InChI=1S/C13H27N3O/c1-5-11(14)10-12(17)15-6-8-16(9-7-15)13(2,3)4/h11H,5-10,14H2,1-4H3. The van der Waals surface area contributed by atoms with E-state index >= 15 is 0 Å². The molecule has 4 heteroatoms. The van der Waals surface area contributed by atoms with E-state index in [9.17, 15) is 4.79 Å². The molecule has 17 heavy (non-hydrogen) atoms. The molecule has 0 aliphatic carbocycles. The van der Waals surface area contributed by atoms with Gasteiger partial charge < -0.3 is 10.6 Å². The number of carbonyl (C=O) groups excluding carboxylic acids is 1. The van der Waals surface area contributed by atoms with Crippen LogP contribution < -0.4 is 5.73 Å². The second-order valence-corrected chi connectivity index (χ2v) is 5.91. The second-order valence-electron chi connectivity index (χ2n) is 5.91. The van der Waals surface area contributed by atoms with Gasteiger partial charge >= 0.3 is 0 Å². The Morgan fingerprint density at radius 2 is 1.76 bits per heavy atom. The molecule has 1 amide bonds. The quantitative estimate of drug-likeness (QED) is 0.803. The molecule has 0 bridgehead atoms. The van der Waals surface area contributed by atoms with Gasteiger partial charge in [0.1, 0.15) is 0 Å². The minimum atomic E-state index is 0.0168. The van der Waals surface area contributed by atoms with Gasteiger partial charge in [0, 0.05) is 44.2 Å². The maximum absolute atomic E-state index is 12.0. The highest BCUT2D eigenvalue weighted by Crippen LogP contribution is 2.16. The van der Waals surface area contributed by atoms with Crippen LogP contribution >= 0.6 is 0 Å². The molecule has 1 rings (SSSR count). The zero-order valence-corrected chi connectivity index (χ0v) is 11.7. The van der Waals surface area contributed by atoms with Crippen LogP contribution in [0.5, 0.6) is 0 Å². The van der Waals surface area contributed by atoms with Crippen molar-refractivity contribution in [3.8, 4) is 0 Å². The Bertz CT molecular complexity index is 252. The van der Waals surface area contributed by atoms with Crippen LogP contribution in [-0.2, 0) is 4.79 Å². The van der Waals surface area contributed by atoms with Gasteiger partial charge in [-0.3, -0.25) is 9.69 Å². The summed E-state index contributed by atoms with van der Waals surface area (Å²) in [5, 5.41) is 0. The van der Waals surface area contributed by atoms with Crippen molar-refractivity contribution in [3.63, 3.8) is 0 Å². The summed E-state index contributed by atoms with van der Waals surface area (Å²) in [5.41, 5.74) is 6.02. The third kappa shape index (κ3) is 4.28. The SMILES string of the molecule is CCC(N)CC(=O)N1CCN(C(C)(C)C)CC1. The molecular weight excluding hydrogens is 214 g/mol. The molecule has 100 valence electrons. The molecule has 1 unspecified atom stereocenters. The summed E-state index contributed by atoms with van der Waals surface area (Å²) in [6.07, 6.45) is 1.36. The molecule has 1 aliphatic heterocycles. The van der Waals surface area contributed by atoms with E-state index < -0.39 is 0 Å². The van der Waals surface area contributed by atoms with Crippen molar-refractivity contribution < 1.29 is 4.79 Å². The molecule has 0 spiro atoms. The molecule has 1 heterocycles. The van der Waals surface area contributed by atoms with Crippen LogP contribution in [0.3, 0.4) is 0 Å². The molecule has 1 atom stereocenters. The minimum Gasteiger partial charge on any atom is -0.340 e. The van der Waals surface area contributed by atoms with E-state index in [4.69, 9.17) is 5.73 Å². The Morgan fingerprint density at radius 3 is 2.18 bits per heavy atom. The summed E-state index contributed by atoms with van der Waals surface area (Å²) in [5.74, 6) is 0.216. The summed E-state index contributed by atoms with van der Waals surface area (Å²) < 4.78 is 0. The highest BCUT2D eigenvalue weighted by atomic mass is 16.2. The first-order valence-electron chi connectivity index (χ1n) is 6.63. The lowest BCUT2D eigenvalue weighted by molar-refractivity contribution is -0.134. The Kier molecular flexibility index (Phi) is 4.95. The molecule has 0 aromatic heterocycles. The fraction of sp³-hybridized carbons (Fsp3) is 0.923. The number of hydrogen-bond acceptors (Lipinski definition) is 3. The van der Waals surface area contributed by atoms with Crippen LogP contribution in [-0.4, -0.2) is 53.5 Å². The smallest absolute Gasteiger partial charge is 0.224 e. The Hall–Kier alpha value is -0.610. The largest absolute Gasteiger partial charge is 0.340 e. The summed E-state index contributed by atoms with van der Waals surface area (Å²) >= 11 is 0. The molecular formula is C13H27N3O. The molecule has 1 saturated heterocycles. The van der Waals surface area contributed by atoms with Gasteiger partial charge in [-0.15, -0.1) is 0 Å². The van der Waals surface area contributed by atoms with Crippen LogP contribution in [0.2, 0.25) is 0 Å². The average molecular weight is 241 g/mol. The van der Waals surface area contributed by atoms with Gasteiger partial charge in [-0.1, -0.05) is 6.92 Å². The first-order chi connectivity index (χ1) is 7.84. The van der Waals surface area contributed by atoms with Crippen LogP contribution in [0, 0.1) is 0 Å². The average Bonchev–Trinajstić information content (AvgIpc) is 2.27. The van der Waals surface area contributed by atoms with Gasteiger partial charge in [-0.25, -0.2) is 0 Å². The minimum absolute atomic E-state index is 0.0168. The van der Waals surface area contributed by atoms with Gasteiger partial charge in [-0.05, 0) is 27.2 Å². The van der Waals surface area contributed by atoms with Crippen molar-refractivity contribution in [2.24, 2.45) is 5.73 Å². The molecule has 0 aromatic carbocycles. The summed E-state index contributed by atoms with van der Waals surface area (Å²) in [4.78, 5) is 16.3. The third-order valence-electron chi connectivity index (χ3n) is 3.54. The zero-order chi connectivity index (χ0) is 13.1. The van der Waals surface area contributed by atoms with Crippen molar-refractivity contribution in [3.05, 3.63) is 0 Å². The summed E-state index contributed by atoms with van der Waals surface area (Å²) in [6, 6.07) is 0.0168. The number of piperazine rings is 1. The van der Waals surface area contributed by atoms with E-state index in [0.717, 1.165) is 32.6 Å². The molecule has 0 aromatic rings. The molecule has 0 radical (unpaired) electrons. The predicted molar refractivity (Wildman–Crippen MR) is 70.8 cm³/mol. The normalized spacial score (nSPS) is 20.4. The number of nitrogens with zero attached hydrogens (tertiary/aromatic N) is 2. The molecule has 0 saturated carbocycles. The van der Waals surface area contributed by atoms with Crippen molar-refractivity contribution in [1.29, 1.82) is 0 Å². The molecule has 1 fully saturated rings. The lowest BCUT2D eigenvalue weighted by atomic mass is 10.0. The number of amides is 1. The third-order valence-corrected chi connectivity index (χ3v) is 3.54. The first kappa shape index (κ1) is 14.5. The van der Waals surface area contributed by atoms with E-state index in [0.29, 0.717) is 6.42 Å². The van der Waals surface area contributed by atoms with Gasteiger partial charge in [-0.2, -0.15) is 0 Å². The maximum atomic E-state index is 12.0. The summed E-state index contributed by atoms with van der Waals surface area (Å²) in [6.45, 7) is 12.3. The van der Waals surface area contributed by atoms with Gasteiger partial charge in [0.25, 0.3) is 0 Å². The Balaban J connectivity index is 2.39. The van der Waals surface area contributed by atoms with E-state index in [1.165, 1.54) is 0 Å². The number of hydrogen-bond donors (Lipinski definition) is 1. The monoisotopic (exact) mass is 241 g/mol. The van der Waals surface area contributed by atoms with Crippen molar-refractivity contribution in [1.82, 2.24) is 9.80 Å². The number of nitrogens with two attached hydrogens (primary N) is 1. The van der Waals surface area contributed by atoms with Crippen LogP contribution in [0.15, 0.2) is 0 Å². The van der Waals surface area contributed by atoms with Crippen LogP contribution in [0.25, 0.3) is 0 Å². The lowest BCUT2D eigenvalue weighted by Crippen LogP contribution is -2.55. The Labute approximate surface area is 105 Å². The van der Waals surface area contributed by atoms with Crippen LogP contribution in [0.4, 0.5) is 0 Å². The first-order valence-corrected chi connectivity index (χ1v) is 6.63. The van der Waals surface area contributed by atoms with Gasteiger partial charge in [0.2, 0.25) is 5.91 Å². The fourth-order valence-corrected chi connectivity index (χ4v) is 2.12. The predicted octanol–water partition coefficient (Wildman–Crippen LogP) is 1.06. The lowest BCUT2D eigenvalue weighted by Gasteiger charge is -2.42. The van der Waals surface area contributed by atoms with Crippen LogP contribution in [0.1, 0.15) is 40.5 Å². The summed E-state index contributed by atoms with van der Waals surface area (Å²) in [7, 11) is 0. The van der Waals surface area contributed by atoms with E-state index in [-0.39, 0.29) is 17.5 Å². The molecule has 4 nitrogen and oxygen atoms in total. The van der Waals surface area contributed by atoms with Crippen molar-refractivity contribution in [2.75, 3.05) is 26.2 Å². The van der Waals surface area contributed by atoms with E-state index in [1.807, 2.05) is 11.8 Å². The van der Waals surface area contributed by atoms with Gasteiger partial charge in [0.15, 0.2) is 0 Å². The zero-order valence-electron chi connectivity index (χ0n) is 11.7. The number of carbonyl (C=O) groups is 1. The highest BCUT2D eigenvalue weighted by molar-refractivity contribution is 5.76. The van der Waals surface area contributed by atoms with Gasteiger partial charge in [0.05, 0.1) is 0 Å². The van der Waals surface area contributed by atoms with Crippen molar-refractivity contribution >= 4 is 5.91 Å². The molecule has 1 aliphatic rings. The topological polar surface area (TPSA) is 49.6 Å².